The van der Waals surface area contributed by atoms with Gasteiger partial charge in [-0.2, -0.15) is 0 Å². The summed E-state index contributed by atoms with van der Waals surface area (Å²) in [5, 5.41) is 6.64. The molecule has 2 N–H and O–H groups in total. The van der Waals surface area contributed by atoms with Gasteiger partial charge in [-0.25, -0.2) is 9.97 Å². The zero-order valence-electron chi connectivity index (χ0n) is 13.0. The van der Waals surface area contributed by atoms with E-state index in [-0.39, 0.29) is 0 Å². The van der Waals surface area contributed by atoms with Crippen LogP contribution < -0.4 is 15.4 Å². The van der Waals surface area contributed by atoms with Crippen molar-refractivity contribution in [1.82, 2.24) is 9.97 Å². The zero-order valence-corrected chi connectivity index (χ0v) is 13.0. The van der Waals surface area contributed by atoms with Crippen molar-refractivity contribution in [2.24, 2.45) is 0 Å². The number of hydrogen-bond donors (Lipinski definition) is 2. The van der Waals surface area contributed by atoms with Crippen LogP contribution in [0.5, 0.6) is 5.75 Å². The van der Waals surface area contributed by atoms with Gasteiger partial charge in [0.25, 0.3) is 0 Å². The lowest BCUT2D eigenvalue weighted by atomic mass is 10.1. The Labute approximate surface area is 125 Å². The van der Waals surface area contributed by atoms with Gasteiger partial charge < -0.3 is 15.4 Å². The van der Waals surface area contributed by atoms with Gasteiger partial charge in [0.15, 0.2) is 0 Å². The van der Waals surface area contributed by atoms with Gasteiger partial charge in [-0.15, -0.1) is 0 Å². The number of nitrogens with one attached hydrogen (secondary N) is 2. The molecule has 0 unspecified atom stereocenters. The highest BCUT2D eigenvalue weighted by Crippen LogP contribution is 2.30. The molecule has 5 nitrogen and oxygen atoms in total. The van der Waals surface area contributed by atoms with Crippen LogP contribution in [0.25, 0.3) is 0 Å². The van der Waals surface area contributed by atoms with Gasteiger partial charge in [0.2, 0.25) is 0 Å². The first kappa shape index (κ1) is 15.1. The first-order valence-electron chi connectivity index (χ1n) is 7.19. The van der Waals surface area contributed by atoms with E-state index in [9.17, 15) is 0 Å². The van der Waals surface area contributed by atoms with E-state index in [4.69, 9.17) is 4.74 Å². The van der Waals surface area contributed by atoms with E-state index in [1.807, 2.05) is 18.2 Å². The van der Waals surface area contributed by atoms with Crippen molar-refractivity contribution in [2.45, 2.75) is 27.2 Å². The number of aryl methyl sites for hydroxylation is 1. The zero-order chi connectivity index (χ0) is 15.2. The van der Waals surface area contributed by atoms with Gasteiger partial charge >= 0.3 is 0 Å². The summed E-state index contributed by atoms with van der Waals surface area (Å²) >= 11 is 0. The van der Waals surface area contributed by atoms with Crippen molar-refractivity contribution in [3.05, 3.63) is 35.7 Å². The van der Waals surface area contributed by atoms with Crippen LogP contribution in [-0.2, 0) is 6.42 Å². The van der Waals surface area contributed by atoms with Gasteiger partial charge in [0.05, 0.1) is 12.8 Å². The van der Waals surface area contributed by atoms with Crippen molar-refractivity contribution in [3.63, 3.8) is 0 Å². The number of hydrogen-bond acceptors (Lipinski definition) is 5. The highest BCUT2D eigenvalue weighted by molar-refractivity contribution is 5.69. The number of methoxy groups -OCH3 is 1. The van der Waals surface area contributed by atoms with Crippen molar-refractivity contribution < 1.29 is 4.74 Å². The second-order valence-electron chi connectivity index (χ2n) is 4.76. The molecule has 0 fully saturated rings. The quantitative estimate of drug-likeness (QED) is 0.850. The van der Waals surface area contributed by atoms with E-state index in [0.717, 1.165) is 47.2 Å². The van der Waals surface area contributed by atoms with Gasteiger partial charge in [-0.1, -0.05) is 13.0 Å². The van der Waals surface area contributed by atoms with Gasteiger partial charge in [0, 0.05) is 12.1 Å². The molecule has 0 atom stereocenters. The Kier molecular flexibility index (Phi) is 4.98. The molecule has 21 heavy (non-hydrogen) atoms. The molecular weight excluding hydrogens is 264 g/mol. The first-order chi connectivity index (χ1) is 10.2. The molecule has 0 aliphatic heterocycles. The maximum Gasteiger partial charge on any atom is 0.142 e. The Morgan fingerprint density at radius 2 is 1.90 bits per heavy atom. The van der Waals surface area contributed by atoms with Crippen LogP contribution in [-0.4, -0.2) is 23.6 Å². The molecule has 2 aromatic rings. The maximum atomic E-state index is 5.40. The molecule has 0 spiro atoms. The molecule has 1 aromatic heterocycles. The minimum atomic E-state index is 0.797. The number of benzene rings is 1. The summed E-state index contributed by atoms with van der Waals surface area (Å²) in [5.74, 6) is 2.49. The SMILES string of the molecule is CCNc1ncnc(Nc2cc(C)ccc2OC)c1CC. The van der Waals surface area contributed by atoms with E-state index >= 15 is 0 Å². The van der Waals surface area contributed by atoms with Crippen molar-refractivity contribution in [1.29, 1.82) is 0 Å². The topological polar surface area (TPSA) is 59.1 Å². The summed E-state index contributed by atoms with van der Waals surface area (Å²) in [7, 11) is 1.67. The molecule has 0 saturated carbocycles. The summed E-state index contributed by atoms with van der Waals surface area (Å²) in [4.78, 5) is 8.68. The number of ether oxygens (including phenoxy) is 1. The second kappa shape index (κ2) is 6.92. The molecule has 112 valence electrons. The monoisotopic (exact) mass is 286 g/mol. The Morgan fingerprint density at radius 3 is 2.57 bits per heavy atom. The largest absolute Gasteiger partial charge is 0.495 e. The second-order valence-corrected chi connectivity index (χ2v) is 4.76. The van der Waals surface area contributed by atoms with Crippen molar-refractivity contribution in [3.8, 4) is 5.75 Å². The molecule has 0 aliphatic rings. The van der Waals surface area contributed by atoms with Crippen LogP contribution in [0.3, 0.4) is 0 Å². The molecule has 0 aliphatic carbocycles. The van der Waals surface area contributed by atoms with E-state index < -0.39 is 0 Å². The fourth-order valence-corrected chi connectivity index (χ4v) is 2.22. The number of nitrogens with zero attached hydrogens (tertiary/aromatic N) is 2. The highest BCUT2D eigenvalue weighted by Gasteiger charge is 2.11. The minimum absolute atomic E-state index is 0.797. The Bertz CT molecular complexity index is 613. The number of rotatable bonds is 6. The third-order valence-corrected chi connectivity index (χ3v) is 3.25. The molecule has 0 bridgehead atoms. The summed E-state index contributed by atoms with van der Waals surface area (Å²) < 4.78 is 5.40. The lowest BCUT2D eigenvalue weighted by Gasteiger charge is -2.16. The van der Waals surface area contributed by atoms with Crippen molar-refractivity contribution in [2.75, 3.05) is 24.3 Å². The van der Waals surface area contributed by atoms with Gasteiger partial charge in [0.1, 0.15) is 23.7 Å². The Hall–Kier alpha value is -2.30. The van der Waals surface area contributed by atoms with Crippen LogP contribution in [0, 0.1) is 6.92 Å². The average molecular weight is 286 g/mol. The molecular formula is C16H22N4O. The molecule has 1 aromatic carbocycles. The third-order valence-electron chi connectivity index (χ3n) is 3.25. The first-order valence-corrected chi connectivity index (χ1v) is 7.19. The fourth-order valence-electron chi connectivity index (χ4n) is 2.22. The summed E-state index contributed by atoms with van der Waals surface area (Å²) in [6.07, 6.45) is 2.42. The summed E-state index contributed by atoms with van der Waals surface area (Å²) in [6, 6.07) is 6.03. The van der Waals surface area contributed by atoms with E-state index in [0.29, 0.717) is 0 Å². The highest BCUT2D eigenvalue weighted by atomic mass is 16.5. The standard InChI is InChI=1S/C16H22N4O/c1-5-12-15(17-6-2)18-10-19-16(12)20-13-9-11(3)7-8-14(13)21-4/h7-10H,5-6H2,1-4H3,(H2,17,18,19,20). The van der Waals surface area contributed by atoms with Crippen molar-refractivity contribution >= 4 is 17.3 Å². The lowest BCUT2D eigenvalue weighted by Crippen LogP contribution is -2.08. The molecule has 0 radical (unpaired) electrons. The number of aromatic nitrogens is 2. The van der Waals surface area contributed by atoms with Crippen LogP contribution in [0.1, 0.15) is 25.0 Å². The number of anilines is 3. The van der Waals surface area contributed by atoms with E-state index in [1.54, 1.807) is 13.4 Å². The smallest absolute Gasteiger partial charge is 0.142 e. The summed E-state index contributed by atoms with van der Waals surface area (Å²) in [6.45, 7) is 7.03. The Balaban J connectivity index is 2.39. The predicted molar refractivity (Wildman–Crippen MR) is 86.6 cm³/mol. The third kappa shape index (κ3) is 3.42. The normalized spacial score (nSPS) is 10.3. The summed E-state index contributed by atoms with van der Waals surface area (Å²) in [5.41, 5.74) is 3.15. The maximum absolute atomic E-state index is 5.40. The molecule has 0 amide bonds. The van der Waals surface area contributed by atoms with Gasteiger partial charge in [-0.3, -0.25) is 0 Å². The average Bonchev–Trinajstić information content (AvgIpc) is 2.48. The van der Waals surface area contributed by atoms with Crippen LogP contribution in [0.15, 0.2) is 24.5 Å². The Morgan fingerprint density at radius 1 is 1.14 bits per heavy atom. The van der Waals surface area contributed by atoms with E-state index in [2.05, 4.69) is 41.4 Å². The molecule has 1 heterocycles. The van der Waals surface area contributed by atoms with Crippen LogP contribution >= 0.6 is 0 Å². The van der Waals surface area contributed by atoms with Crippen LogP contribution in [0.2, 0.25) is 0 Å². The van der Waals surface area contributed by atoms with E-state index in [1.165, 1.54) is 0 Å². The molecule has 2 rings (SSSR count). The lowest BCUT2D eigenvalue weighted by molar-refractivity contribution is 0.416. The van der Waals surface area contributed by atoms with Gasteiger partial charge in [-0.05, 0) is 38.0 Å². The minimum Gasteiger partial charge on any atom is -0.495 e. The molecule has 5 heteroatoms. The van der Waals surface area contributed by atoms with Crippen LogP contribution in [0.4, 0.5) is 17.3 Å². The fraction of sp³-hybridized carbons (Fsp3) is 0.375. The predicted octanol–water partition coefficient (Wildman–Crippen LogP) is 3.53. The molecule has 0 saturated heterocycles.